The Hall–Kier alpha value is -2.74. The smallest absolute Gasteiger partial charge is 0.325 e. The Morgan fingerprint density at radius 2 is 2.00 bits per heavy atom. The summed E-state index contributed by atoms with van der Waals surface area (Å²) in [5.74, 6) is 0.316. The highest BCUT2D eigenvalue weighted by molar-refractivity contribution is 7.09. The molecule has 0 unspecified atom stereocenters. The molecular weight excluding hydrogens is 436 g/mol. The van der Waals surface area contributed by atoms with Crippen LogP contribution in [0.15, 0.2) is 41.9 Å². The second-order valence-electron chi connectivity index (χ2n) is 9.33. The van der Waals surface area contributed by atoms with E-state index in [1.54, 1.807) is 17.5 Å². The molecule has 0 aromatic carbocycles. The number of urea groups is 1. The molecule has 8 heteroatoms. The van der Waals surface area contributed by atoms with Crippen LogP contribution in [0, 0.1) is 11.8 Å². The van der Waals surface area contributed by atoms with Gasteiger partial charge in [0.25, 0.3) is 5.91 Å². The van der Waals surface area contributed by atoms with E-state index in [-0.39, 0.29) is 23.8 Å². The van der Waals surface area contributed by atoms with Crippen LogP contribution >= 0.6 is 11.3 Å². The van der Waals surface area contributed by atoms with E-state index in [4.69, 9.17) is 0 Å². The van der Waals surface area contributed by atoms with Crippen molar-refractivity contribution in [3.63, 3.8) is 0 Å². The number of carbonyl (C=O) groups excluding carboxylic acids is 3. The van der Waals surface area contributed by atoms with Crippen molar-refractivity contribution in [2.75, 3.05) is 19.6 Å². The van der Waals surface area contributed by atoms with Crippen molar-refractivity contribution in [3.8, 4) is 0 Å². The van der Waals surface area contributed by atoms with Crippen LogP contribution < -0.4 is 5.32 Å². The van der Waals surface area contributed by atoms with Crippen LogP contribution in [0.3, 0.4) is 0 Å². The van der Waals surface area contributed by atoms with Gasteiger partial charge < -0.3 is 10.2 Å². The predicted molar refractivity (Wildman–Crippen MR) is 128 cm³/mol. The van der Waals surface area contributed by atoms with Gasteiger partial charge in [0.1, 0.15) is 0 Å². The summed E-state index contributed by atoms with van der Waals surface area (Å²) in [6.07, 6.45) is 5.03. The van der Waals surface area contributed by atoms with Crippen LogP contribution in [0.2, 0.25) is 0 Å². The summed E-state index contributed by atoms with van der Waals surface area (Å²) >= 11 is 1.62. The summed E-state index contributed by atoms with van der Waals surface area (Å²) in [7, 11) is 0. The number of nitrogens with zero attached hydrogens (tertiary/aromatic N) is 3. The molecule has 0 saturated carbocycles. The Kier molecular flexibility index (Phi) is 7.12. The van der Waals surface area contributed by atoms with Crippen LogP contribution in [0.4, 0.5) is 4.79 Å². The third kappa shape index (κ3) is 4.81. The average molecular weight is 469 g/mol. The largest absolute Gasteiger partial charge is 0.343 e. The maximum atomic E-state index is 13.8. The van der Waals surface area contributed by atoms with Crippen molar-refractivity contribution < 1.29 is 14.4 Å². The van der Waals surface area contributed by atoms with Gasteiger partial charge in [0, 0.05) is 43.0 Å². The quantitative estimate of drug-likeness (QED) is 0.598. The average Bonchev–Trinajstić information content (AvgIpc) is 3.43. The summed E-state index contributed by atoms with van der Waals surface area (Å²) in [5, 5.41) is 5.04. The number of rotatable bonds is 8. The van der Waals surface area contributed by atoms with E-state index in [0.29, 0.717) is 56.9 Å². The van der Waals surface area contributed by atoms with Crippen molar-refractivity contribution in [1.29, 1.82) is 0 Å². The van der Waals surface area contributed by atoms with Gasteiger partial charge >= 0.3 is 6.03 Å². The van der Waals surface area contributed by atoms with Crippen LogP contribution in [0.5, 0.6) is 0 Å². The summed E-state index contributed by atoms with van der Waals surface area (Å²) in [6, 6.07) is 9.10. The molecule has 4 amide bonds. The number of pyridine rings is 1. The number of hydrogen-bond donors (Lipinski definition) is 1. The SMILES string of the molecule is CC(C)CCC(=O)N1CCC([C@]2(c3ccccn3)NC(=O)N(CCc3cccs3)C2=O)CC1. The van der Waals surface area contributed by atoms with Crippen LogP contribution in [-0.2, 0) is 21.5 Å². The van der Waals surface area contributed by atoms with Gasteiger partial charge in [-0.2, -0.15) is 0 Å². The van der Waals surface area contributed by atoms with E-state index in [1.165, 1.54) is 4.90 Å². The molecular formula is C25H32N4O3S. The minimum atomic E-state index is -1.18. The van der Waals surface area contributed by atoms with Gasteiger partial charge in [-0.25, -0.2) is 4.79 Å². The normalized spacial score (nSPS) is 21.7. The highest BCUT2D eigenvalue weighted by Gasteiger charge is 2.58. The van der Waals surface area contributed by atoms with Gasteiger partial charge in [-0.05, 0) is 55.2 Å². The first-order valence-corrected chi connectivity index (χ1v) is 12.7. The molecule has 0 aliphatic carbocycles. The van der Waals surface area contributed by atoms with Gasteiger partial charge in [0.05, 0.1) is 5.69 Å². The maximum Gasteiger partial charge on any atom is 0.325 e. The van der Waals surface area contributed by atoms with Gasteiger partial charge in [0.2, 0.25) is 5.91 Å². The number of likely N-dealkylation sites (tertiary alicyclic amines) is 1. The van der Waals surface area contributed by atoms with E-state index < -0.39 is 5.54 Å². The molecule has 33 heavy (non-hydrogen) atoms. The third-order valence-corrected chi connectivity index (χ3v) is 7.69. The highest BCUT2D eigenvalue weighted by atomic mass is 32.1. The monoisotopic (exact) mass is 468 g/mol. The molecule has 4 heterocycles. The van der Waals surface area contributed by atoms with Crippen molar-refractivity contribution in [2.24, 2.45) is 11.8 Å². The van der Waals surface area contributed by atoms with Gasteiger partial charge in [-0.15, -0.1) is 11.3 Å². The van der Waals surface area contributed by atoms with Crippen molar-refractivity contribution in [2.45, 2.75) is 51.5 Å². The standard InChI is InChI=1S/C25H32N4O3S/c1-18(2)8-9-22(30)28-14-10-19(11-15-28)25(21-7-3-4-13-26-21)23(31)29(24(32)27-25)16-12-20-6-5-17-33-20/h3-7,13,17-19H,8-12,14-16H2,1-2H3,(H,27,32)/t25-/m1/s1. The molecule has 2 aromatic rings. The topological polar surface area (TPSA) is 82.6 Å². The molecule has 0 bridgehead atoms. The first kappa shape index (κ1) is 23.4. The fourth-order valence-electron chi connectivity index (χ4n) is 4.86. The van der Waals surface area contributed by atoms with E-state index in [2.05, 4.69) is 24.1 Å². The molecule has 2 aliphatic heterocycles. The summed E-state index contributed by atoms with van der Waals surface area (Å²) in [4.78, 5) is 48.3. The predicted octanol–water partition coefficient (Wildman–Crippen LogP) is 3.81. The second-order valence-corrected chi connectivity index (χ2v) is 10.4. The number of piperidine rings is 1. The molecule has 0 radical (unpaired) electrons. The Bertz CT molecular complexity index is 971. The molecule has 4 rings (SSSR count). The van der Waals surface area contributed by atoms with Crippen molar-refractivity contribution in [3.05, 3.63) is 52.5 Å². The zero-order valence-corrected chi connectivity index (χ0v) is 20.1. The van der Waals surface area contributed by atoms with Crippen molar-refractivity contribution in [1.82, 2.24) is 20.1 Å². The molecule has 1 atom stereocenters. The maximum absolute atomic E-state index is 13.8. The number of nitrogens with one attached hydrogen (secondary N) is 1. The zero-order valence-electron chi connectivity index (χ0n) is 19.3. The molecule has 2 fully saturated rings. The molecule has 2 saturated heterocycles. The summed E-state index contributed by atoms with van der Waals surface area (Å²) in [5.41, 5.74) is -0.604. The molecule has 176 valence electrons. The fraction of sp³-hybridized carbons (Fsp3) is 0.520. The van der Waals surface area contributed by atoms with Crippen LogP contribution in [-0.4, -0.2) is 52.3 Å². The number of amides is 4. The minimum Gasteiger partial charge on any atom is -0.343 e. The molecule has 0 spiro atoms. The van der Waals surface area contributed by atoms with E-state index in [1.807, 2.05) is 40.6 Å². The first-order valence-electron chi connectivity index (χ1n) is 11.8. The van der Waals surface area contributed by atoms with E-state index in [0.717, 1.165) is 11.3 Å². The number of thiophene rings is 1. The molecule has 7 nitrogen and oxygen atoms in total. The number of hydrogen-bond acceptors (Lipinski definition) is 5. The van der Waals surface area contributed by atoms with E-state index >= 15 is 0 Å². The lowest BCUT2D eigenvalue weighted by molar-refractivity contribution is -0.136. The van der Waals surface area contributed by atoms with Crippen LogP contribution in [0.1, 0.15) is 50.1 Å². The Labute approximate surface area is 199 Å². The molecule has 2 aromatic heterocycles. The summed E-state index contributed by atoms with van der Waals surface area (Å²) in [6.45, 7) is 5.76. The van der Waals surface area contributed by atoms with Crippen LogP contribution in [0.25, 0.3) is 0 Å². The summed E-state index contributed by atoms with van der Waals surface area (Å²) < 4.78 is 0. The lowest BCUT2D eigenvalue weighted by Gasteiger charge is -2.40. The van der Waals surface area contributed by atoms with Gasteiger partial charge in [0.15, 0.2) is 5.54 Å². The minimum absolute atomic E-state index is 0.121. The van der Waals surface area contributed by atoms with Crippen molar-refractivity contribution >= 4 is 29.2 Å². The molecule has 2 aliphatic rings. The zero-order chi connectivity index (χ0) is 23.4. The second kappa shape index (κ2) is 10.0. The third-order valence-electron chi connectivity index (χ3n) is 6.76. The molecule has 1 N–H and O–H groups in total. The Balaban J connectivity index is 1.52. The number of imide groups is 1. The fourth-order valence-corrected chi connectivity index (χ4v) is 5.56. The lowest BCUT2D eigenvalue weighted by atomic mass is 9.75. The first-order chi connectivity index (χ1) is 15.9. The van der Waals surface area contributed by atoms with Gasteiger partial charge in [-0.1, -0.05) is 26.0 Å². The van der Waals surface area contributed by atoms with Gasteiger partial charge in [-0.3, -0.25) is 19.5 Å². The van der Waals surface area contributed by atoms with E-state index in [9.17, 15) is 14.4 Å². The Morgan fingerprint density at radius 3 is 2.64 bits per heavy atom. The Morgan fingerprint density at radius 1 is 1.21 bits per heavy atom. The number of carbonyl (C=O) groups is 3. The number of aromatic nitrogens is 1. The highest BCUT2D eigenvalue weighted by Crippen LogP contribution is 2.40. The lowest BCUT2D eigenvalue weighted by Crippen LogP contribution is -2.54.